The van der Waals surface area contributed by atoms with Crippen molar-refractivity contribution < 1.29 is 14.5 Å². The molecule has 0 saturated carbocycles. The second kappa shape index (κ2) is 9.16. The normalized spacial score (nSPS) is 10.9. The number of nitrogens with one attached hydrogen (secondary N) is 2. The number of nitro groups is 1. The Bertz CT molecular complexity index is 803. The van der Waals surface area contributed by atoms with Crippen LogP contribution in [0.15, 0.2) is 53.6 Å². The summed E-state index contributed by atoms with van der Waals surface area (Å²) in [6.07, 6.45) is 0. The highest BCUT2D eigenvalue weighted by Gasteiger charge is 2.08. The molecule has 1 amide bonds. The Morgan fingerprint density at radius 3 is 2.62 bits per heavy atom. The number of non-ortho nitro benzene ring substituents is 1. The van der Waals surface area contributed by atoms with E-state index in [1.165, 1.54) is 12.1 Å². The van der Waals surface area contributed by atoms with Crippen molar-refractivity contribution in [2.75, 3.05) is 18.5 Å². The fourth-order valence-electron chi connectivity index (χ4n) is 2.11. The summed E-state index contributed by atoms with van der Waals surface area (Å²) in [6.45, 7) is 4.21. The van der Waals surface area contributed by atoms with Crippen molar-refractivity contribution in [3.05, 3.63) is 64.2 Å². The fraction of sp³-hybridized carbons (Fsp3) is 0.222. The molecule has 0 aliphatic rings. The summed E-state index contributed by atoms with van der Waals surface area (Å²) < 4.78 is 5.35. The molecule has 2 N–H and O–H groups in total. The number of nitro benzene ring substituents is 1. The number of carbonyl (C=O) groups excluding carboxylic acids is 1. The van der Waals surface area contributed by atoms with Crippen LogP contribution in [0.5, 0.6) is 5.75 Å². The van der Waals surface area contributed by atoms with E-state index in [1.54, 1.807) is 19.1 Å². The topological polar surface area (TPSA) is 106 Å². The van der Waals surface area contributed by atoms with Gasteiger partial charge < -0.3 is 10.1 Å². The van der Waals surface area contributed by atoms with Gasteiger partial charge in [-0.2, -0.15) is 5.10 Å². The average molecular weight is 356 g/mol. The minimum atomic E-state index is -0.476. The molecule has 0 aromatic heterocycles. The number of benzene rings is 2. The molecule has 0 aliphatic heterocycles. The first-order valence-electron chi connectivity index (χ1n) is 8.04. The lowest BCUT2D eigenvalue weighted by atomic mass is 10.1. The third-order valence-corrected chi connectivity index (χ3v) is 3.44. The molecule has 2 aromatic carbocycles. The van der Waals surface area contributed by atoms with Gasteiger partial charge in [0.05, 0.1) is 23.8 Å². The minimum Gasteiger partial charge on any atom is -0.494 e. The van der Waals surface area contributed by atoms with Crippen LogP contribution >= 0.6 is 0 Å². The van der Waals surface area contributed by atoms with Gasteiger partial charge in [-0.15, -0.1) is 0 Å². The maximum absolute atomic E-state index is 11.9. The summed E-state index contributed by atoms with van der Waals surface area (Å²) in [4.78, 5) is 22.2. The highest BCUT2D eigenvalue weighted by Crippen LogP contribution is 2.15. The van der Waals surface area contributed by atoms with Crippen LogP contribution in [-0.2, 0) is 4.79 Å². The summed E-state index contributed by atoms with van der Waals surface area (Å²) in [5, 5.41) is 17.8. The lowest BCUT2D eigenvalue weighted by Gasteiger charge is -2.07. The summed E-state index contributed by atoms with van der Waals surface area (Å²) >= 11 is 0. The Labute approximate surface area is 151 Å². The molecule has 136 valence electrons. The average Bonchev–Trinajstić information content (AvgIpc) is 2.66. The molecule has 0 aliphatic carbocycles. The van der Waals surface area contributed by atoms with Gasteiger partial charge in [0.25, 0.3) is 11.6 Å². The molecule has 0 spiro atoms. The van der Waals surface area contributed by atoms with Crippen molar-refractivity contribution in [1.29, 1.82) is 0 Å². The summed E-state index contributed by atoms with van der Waals surface area (Å²) in [6, 6.07) is 13.3. The maximum atomic E-state index is 11.9. The van der Waals surface area contributed by atoms with Gasteiger partial charge in [-0.3, -0.25) is 14.9 Å². The molecule has 0 unspecified atom stereocenters. The molecule has 0 bridgehead atoms. The van der Waals surface area contributed by atoms with Crippen LogP contribution in [-0.4, -0.2) is 29.7 Å². The molecule has 26 heavy (non-hydrogen) atoms. The van der Waals surface area contributed by atoms with Gasteiger partial charge in [0.1, 0.15) is 5.75 Å². The van der Waals surface area contributed by atoms with Crippen molar-refractivity contribution >= 4 is 23.0 Å². The molecule has 8 heteroatoms. The number of hydrazone groups is 1. The third kappa shape index (κ3) is 5.59. The standard InChI is InChI=1S/C18H20N4O4/c1-3-26-17-9-7-15(8-10-17)19-12-18(23)21-20-13(2)14-5-4-6-16(11-14)22(24)25/h4-11,19H,3,12H2,1-2H3,(H,21,23). The third-order valence-electron chi connectivity index (χ3n) is 3.44. The van der Waals surface area contributed by atoms with E-state index in [2.05, 4.69) is 15.8 Å². The molecule has 2 aromatic rings. The fourth-order valence-corrected chi connectivity index (χ4v) is 2.11. The van der Waals surface area contributed by atoms with E-state index in [1.807, 2.05) is 31.2 Å². The summed E-state index contributed by atoms with van der Waals surface area (Å²) in [5.41, 5.74) is 4.22. The largest absolute Gasteiger partial charge is 0.494 e. The van der Waals surface area contributed by atoms with Gasteiger partial charge in [-0.1, -0.05) is 12.1 Å². The molecular formula is C18H20N4O4. The Morgan fingerprint density at radius 2 is 1.96 bits per heavy atom. The second-order valence-corrected chi connectivity index (χ2v) is 5.35. The number of carbonyl (C=O) groups is 1. The first-order chi connectivity index (χ1) is 12.5. The first kappa shape index (κ1) is 18.9. The van der Waals surface area contributed by atoms with Crippen LogP contribution in [0.2, 0.25) is 0 Å². The van der Waals surface area contributed by atoms with Crippen LogP contribution in [0.3, 0.4) is 0 Å². The Hall–Kier alpha value is -3.42. The molecule has 8 nitrogen and oxygen atoms in total. The predicted octanol–water partition coefficient (Wildman–Crippen LogP) is 2.95. The van der Waals surface area contributed by atoms with Crippen molar-refractivity contribution in [1.82, 2.24) is 5.43 Å². The van der Waals surface area contributed by atoms with Crippen molar-refractivity contribution in [2.24, 2.45) is 5.10 Å². The van der Waals surface area contributed by atoms with E-state index in [9.17, 15) is 14.9 Å². The van der Waals surface area contributed by atoms with E-state index < -0.39 is 4.92 Å². The number of nitrogens with zero attached hydrogens (tertiary/aromatic N) is 2. The lowest BCUT2D eigenvalue weighted by Crippen LogP contribution is -2.26. The summed E-state index contributed by atoms with van der Waals surface area (Å²) in [5.74, 6) is 0.434. The number of hydrogen-bond donors (Lipinski definition) is 2. The molecule has 0 radical (unpaired) electrons. The van der Waals surface area contributed by atoms with Crippen LogP contribution in [0.4, 0.5) is 11.4 Å². The molecule has 0 fully saturated rings. The van der Waals surface area contributed by atoms with Gasteiger partial charge in [0.15, 0.2) is 0 Å². The quantitative estimate of drug-likeness (QED) is 0.430. The Morgan fingerprint density at radius 1 is 1.23 bits per heavy atom. The van der Waals surface area contributed by atoms with Gasteiger partial charge in [0, 0.05) is 23.4 Å². The number of ether oxygens (including phenoxy) is 1. The number of amides is 1. The SMILES string of the molecule is CCOc1ccc(NCC(=O)NN=C(C)c2cccc([N+](=O)[O-])c2)cc1. The smallest absolute Gasteiger partial charge is 0.270 e. The minimum absolute atomic E-state index is 0.0273. The molecule has 0 saturated heterocycles. The van der Waals surface area contributed by atoms with Crippen LogP contribution in [0.25, 0.3) is 0 Å². The highest BCUT2D eigenvalue weighted by molar-refractivity contribution is 5.99. The van der Waals surface area contributed by atoms with E-state index >= 15 is 0 Å². The van der Waals surface area contributed by atoms with Crippen LogP contribution < -0.4 is 15.5 Å². The summed E-state index contributed by atoms with van der Waals surface area (Å²) in [7, 11) is 0. The highest BCUT2D eigenvalue weighted by atomic mass is 16.6. The first-order valence-corrected chi connectivity index (χ1v) is 8.04. The predicted molar refractivity (Wildman–Crippen MR) is 99.6 cm³/mol. The van der Waals surface area contributed by atoms with Gasteiger partial charge >= 0.3 is 0 Å². The second-order valence-electron chi connectivity index (χ2n) is 5.35. The number of hydrogen-bond acceptors (Lipinski definition) is 6. The number of rotatable bonds is 8. The van der Waals surface area contributed by atoms with Gasteiger partial charge in [-0.05, 0) is 38.1 Å². The lowest BCUT2D eigenvalue weighted by molar-refractivity contribution is -0.384. The number of anilines is 1. The van der Waals surface area contributed by atoms with E-state index in [0.717, 1.165) is 11.4 Å². The zero-order valence-electron chi connectivity index (χ0n) is 14.6. The molecule has 0 heterocycles. The van der Waals surface area contributed by atoms with Crippen molar-refractivity contribution in [3.8, 4) is 5.75 Å². The van der Waals surface area contributed by atoms with E-state index in [0.29, 0.717) is 17.9 Å². The van der Waals surface area contributed by atoms with Crippen LogP contribution in [0, 0.1) is 10.1 Å². The van der Waals surface area contributed by atoms with Crippen molar-refractivity contribution in [3.63, 3.8) is 0 Å². The van der Waals surface area contributed by atoms with E-state index in [4.69, 9.17) is 4.74 Å². The molecule has 0 atom stereocenters. The van der Waals surface area contributed by atoms with E-state index in [-0.39, 0.29) is 18.1 Å². The molecule has 2 rings (SSSR count). The van der Waals surface area contributed by atoms with Gasteiger partial charge in [-0.25, -0.2) is 5.43 Å². The Kier molecular flexibility index (Phi) is 6.67. The monoisotopic (exact) mass is 356 g/mol. The maximum Gasteiger partial charge on any atom is 0.270 e. The zero-order valence-corrected chi connectivity index (χ0v) is 14.6. The molecular weight excluding hydrogens is 336 g/mol. The van der Waals surface area contributed by atoms with Crippen molar-refractivity contribution in [2.45, 2.75) is 13.8 Å². The van der Waals surface area contributed by atoms with Gasteiger partial charge in [0.2, 0.25) is 0 Å². The van der Waals surface area contributed by atoms with Crippen LogP contribution in [0.1, 0.15) is 19.4 Å². The zero-order chi connectivity index (χ0) is 18.9. The Balaban J connectivity index is 1.88.